The number of carbonyl (C=O) groups is 3. The third kappa shape index (κ3) is 67.4. The first-order valence-electron chi connectivity index (χ1n) is 35.6. The SMILES string of the molecule is CC/C=C\C/C=C\C/C=C\C/C=C\CCCCCCCCCCCCC(=O)OC(COC(=O)CCCCCCCCC/C=C\C/C=C\C/C=C\CC)COC(=O)CCCCCCCCCCCCCCCCCCCCCCCCCC. The van der Waals surface area contributed by atoms with Gasteiger partial charge in [0.25, 0.3) is 0 Å². The van der Waals surface area contributed by atoms with Crippen molar-refractivity contribution < 1.29 is 28.6 Å². The summed E-state index contributed by atoms with van der Waals surface area (Å²) in [5.74, 6) is -0.872. The van der Waals surface area contributed by atoms with E-state index in [4.69, 9.17) is 14.2 Å². The summed E-state index contributed by atoms with van der Waals surface area (Å²) in [6.45, 7) is 6.47. The lowest BCUT2D eigenvalue weighted by molar-refractivity contribution is -0.167. The Kier molecular flexibility index (Phi) is 67.2. The predicted molar refractivity (Wildman–Crippen MR) is 358 cm³/mol. The Hall–Kier alpha value is -3.41. The van der Waals surface area contributed by atoms with Crippen LogP contribution in [-0.2, 0) is 28.6 Å². The second kappa shape index (κ2) is 70.1. The minimum Gasteiger partial charge on any atom is -0.462 e. The van der Waals surface area contributed by atoms with Gasteiger partial charge in [-0.25, -0.2) is 0 Å². The Bertz CT molecular complexity index is 1550. The third-order valence-corrected chi connectivity index (χ3v) is 15.6. The Balaban J connectivity index is 4.33. The van der Waals surface area contributed by atoms with Crippen LogP contribution in [0.3, 0.4) is 0 Å². The van der Waals surface area contributed by atoms with E-state index in [0.717, 1.165) is 109 Å². The summed E-state index contributed by atoms with van der Waals surface area (Å²) in [6.07, 6.45) is 93.2. The van der Waals surface area contributed by atoms with Crippen molar-refractivity contribution >= 4 is 17.9 Å². The van der Waals surface area contributed by atoms with Gasteiger partial charge in [-0.2, -0.15) is 0 Å². The maximum absolute atomic E-state index is 13.0. The standard InChI is InChI=1S/C76H134O6/c1-4-7-10-13-16-19-22-25-28-31-33-35-37-39-40-42-45-48-51-54-57-60-63-66-69-75(78)81-72-73(71-80-74(77)68-65-62-59-56-53-50-47-44-30-27-24-21-18-15-12-9-6-3)82-76(79)70-67-64-61-58-55-52-49-46-43-41-38-36-34-32-29-26-23-20-17-14-11-8-5-2/h8-9,11-12,17-18,20-21,26-27,29-30,34,36,73H,4-7,10,13-16,19,22-25,28,31-33,35,37-72H2,1-3H3/b11-8-,12-9-,20-17-,21-18-,29-26-,30-27-,36-34-. The number of esters is 3. The second-order valence-electron chi connectivity index (χ2n) is 23.7. The molecule has 0 aromatic carbocycles. The summed E-state index contributed by atoms with van der Waals surface area (Å²) in [6, 6.07) is 0. The molecule has 0 aliphatic rings. The molecule has 0 aromatic heterocycles. The molecule has 0 bridgehead atoms. The molecule has 0 aliphatic carbocycles. The molecule has 0 saturated carbocycles. The van der Waals surface area contributed by atoms with Crippen LogP contribution in [0.1, 0.15) is 361 Å². The molecule has 474 valence electrons. The van der Waals surface area contributed by atoms with Gasteiger partial charge in [-0.1, -0.05) is 337 Å². The first-order valence-corrected chi connectivity index (χ1v) is 35.6. The van der Waals surface area contributed by atoms with Crippen LogP contribution in [0, 0.1) is 0 Å². The Labute approximate surface area is 509 Å². The van der Waals surface area contributed by atoms with E-state index in [0.29, 0.717) is 19.3 Å². The van der Waals surface area contributed by atoms with E-state index in [1.165, 1.54) is 212 Å². The van der Waals surface area contributed by atoms with Crippen LogP contribution in [0.4, 0.5) is 0 Å². The van der Waals surface area contributed by atoms with Crippen LogP contribution in [0.2, 0.25) is 0 Å². The predicted octanol–water partition coefficient (Wildman–Crippen LogP) is 24.6. The molecule has 0 aromatic rings. The highest BCUT2D eigenvalue weighted by Gasteiger charge is 2.19. The fourth-order valence-electron chi connectivity index (χ4n) is 10.4. The number of allylic oxidation sites excluding steroid dienone is 14. The maximum Gasteiger partial charge on any atom is 0.306 e. The van der Waals surface area contributed by atoms with Gasteiger partial charge in [-0.05, 0) is 89.9 Å². The third-order valence-electron chi connectivity index (χ3n) is 15.6. The van der Waals surface area contributed by atoms with Crippen molar-refractivity contribution in [1.82, 2.24) is 0 Å². The number of rotatable bonds is 65. The van der Waals surface area contributed by atoms with Crippen molar-refractivity contribution in [2.75, 3.05) is 13.2 Å². The molecular formula is C76H134O6. The summed E-state index contributed by atoms with van der Waals surface area (Å²) in [4.78, 5) is 38.5. The highest BCUT2D eigenvalue weighted by Crippen LogP contribution is 2.18. The largest absolute Gasteiger partial charge is 0.462 e. The lowest BCUT2D eigenvalue weighted by Crippen LogP contribution is -2.30. The van der Waals surface area contributed by atoms with Gasteiger partial charge in [-0.15, -0.1) is 0 Å². The Morgan fingerprint density at radius 1 is 0.256 bits per heavy atom. The van der Waals surface area contributed by atoms with Gasteiger partial charge in [0, 0.05) is 19.3 Å². The van der Waals surface area contributed by atoms with Gasteiger partial charge >= 0.3 is 17.9 Å². The molecule has 6 nitrogen and oxygen atoms in total. The highest BCUT2D eigenvalue weighted by molar-refractivity contribution is 5.71. The van der Waals surface area contributed by atoms with Gasteiger partial charge in [0.2, 0.25) is 0 Å². The van der Waals surface area contributed by atoms with Crippen LogP contribution < -0.4 is 0 Å². The monoisotopic (exact) mass is 1140 g/mol. The molecule has 0 fully saturated rings. The average Bonchev–Trinajstić information content (AvgIpc) is 3.47. The van der Waals surface area contributed by atoms with E-state index in [1.807, 2.05) is 0 Å². The van der Waals surface area contributed by atoms with E-state index in [9.17, 15) is 14.4 Å². The van der Waals surface area contributed by atoms with Crippen LogP contribution in [-0.4, -0.2) is 37.2 Å². The van der Waals surface area contributed by atoms with E-state index < -0.39 is 6.10 Å². The molecule has 0 spiro atoms. The molecule has 0 amide bonds. The molecule has 0 saturated heterocycles. The van der Waals surface area contributed by atoms with Crippen molar-refractivity contribution in [3.63, 3.8) is 0 Å². The van der Waals surface area contributed by atoms with Crippen LogP contribution in [0.5, 0.6) is 0 Å². The number of unbranched alkanes of at least 4 members (excludes halogenated alkanes) is 40. The van der Waals surface area contributed by atoms with E-state index in [1.54, 1.807) is 0 Å². The van der Waals surface area contributed by atoms with Crippen molar-refractivity contribution in [3.8, 4) is 0 Å². The molecule has 0 heterocycles. The van der Waals surface area contributed by atoms with Gasteiger partial charge in [-0.3, -0.25) is 14.4 Å². The first-order chi connectivity index (χ1) is 40.5. The zero-order chi connectivity index (χ0) is 59.2. The van der Waals surface area contributed by atoms with E-state index >= 15 is 0 Å². The minimum absolute atomic E-state index is 0.0779. The summed E-state index contributed by atoms with van der Waals surface area (Å²) in [5.41, 5.74) is 0. The summed E-state index contributed by atoms with van der Waals surface area (Å²) >= 11 is 0. The maximum atomic E-state index is 13.0. The highest BCUT2D eigenvalue weighted by atomic mass is 16.6. The molecule has 0 N–H and O–H groups in total. The summed E-state index contributed by atoms with van der Waals surface area (Å²) in [5, 5.41) is 0. The molecule has 6 heteroatoms. The first kappa shape index (κ1) is 78.6. The Morgan fingerprint density at radius 3 is 0.744 bits per heavy atom. The minimum atomic E-state index is -0.784. The fourth-order valence-corrected chi connectivity index (χ4v) is 10.4. The van der Waals surface area contributed by atoms with E-state index in [-0.39, 0.29) is 31.1 Å². The molecule has 1 atom stereocenters. The van der Waals surface area contributed by atoms with E-state index in [2.05, 4.69) is 106 Å². The number of hydrogen-bond donors (Lipinski definition) is 0. The van der Waals surface area contributed by atoms with Crippen LogP contribution >= 0.6 is 0 Å². The quantitative estimate of drug-likeness (QED) is 0.0261. The van der Waals surface area contributed by atoms with Gasteiger partial charge < -0.3 is 14.2 Å². The lowest BCUT2D eigenvalue weighted by atomic mass is 10.0. The number of carbonyl (C=O) groups excluding carboxylic acids is 3. The van der Waals surface area contributed by atoms with Crippen molar-refractivity contribution in [2.24, 2.45) is 0 Å². The fraction of sp³-hybridized carbons (Fsp3) is 0.776. The normalized spacial score (nSPS) is 12.6. The number of hydrogen-bond acceptors (Lipinski definition) is 6. The smallest absolute Gasteiger partial charge is 0.306 e. The van der Waals surface area contributed by atoms with Gasteiger partial charge in [0.05, 0.1) is 0 Å². The van der Waals surface area contributed by atoms with Crippen molar-refractivity contribution in [1.29, 1.82) is 0 Å². The molecule has 0 rings (SSSR count). The molecule has 82 heavy (non-hydrogen) atoms. The van der Waals surface area contributed by atoms with Crippen molar-refractivity contribution in [3.05, 3.63) is 85.1 Å². The zero-order valence-corrected chi connectivity index (χ0v) is 54.5. The topological polar surface area (TPSA) is 78.9 Å². The molecule has 0 radical (unpaired) electrons. The molecular weight excluding hydrogens is 1010 g/mol. The average molecular weight is 1140 g/mol. The van der Waals surface area contributed by atoms with Crippen LogP contribution in [0.15, 0.2) is 85.1 Å². The number of ether oxygens (including phenoxy) is 3. The zero-order valence-electron chi connectivity index (χ0n) is 54.5. The summed E-state index contributed by atoms with van der Waals surface area (Å²) < 4.78 is 17.0. The molecule has 0 aliphatic heterocycles. The molecule has 1 unspecified atom stereocenters. The van der Waals surface area contributed by atoms with Gasteiger partial charge in [0.15, 0.2) is 6.10 Å². The summed E-state index contributed by atoms with van der Waals surface area (Å²) in [7, 11) is 0. The van der Waals surface area contributed by atoms with Crippen LogP contribution in [0.25, 0.3) is 0 Å². The second-order valence-corrected chi connectivity index (χ2v) is 23.7. The van der Waals surface area contributed by atoms with Crippen molar-refractivity contribution in [2.45, 2.75) is 367 Å². The lowest BCUT2D eigenvalue weighted by Gasteiger charge is -2.18. The Morgan fingerprint density at radius 2 is 0.476 bits per heavy atom. The van der Waals surface area contributed by atoms with Gasteiger partial charge in [0.1, 0.15) is 13.2 Å².